The smallest absolute Gasteiger partial charge is 0.408 e. The van der Waals surface area contributed by atoms with E-state index in [0.29, 0.717) is 0 Å². The van der Waals surface area contributed by atoms with Crippen molar-refractivity contribution in [3.8, 4) is 11.5 Å². The summed E-state index contributed by atoms with van der Waals surface area (Å²) in [4.78, 5) is 46.6. The topological polar surface area (TPSA) is 126 Å². The third kappa shape index (κ3) is 8.96. The molecule has 0 aromatic heterocycles. The van der Waals surface area contributed by atoms with Gasteiger partial charge in [-0.05, 0) is 39.0 Å². The Labute approximate surface area is 168 Å². The number of ketones is 1. The summed E-state index contributed by atoms with van der Waals surface area (Å²) in [7, 11) is 2.41. The molecule has 0 bridgehead atoms. The van der Waals surface area contributed by atoms with Crippen molar-refractivity contribution < 1.29 is 42.9 Å². The number of amides is 1. The second kappa shape index (κ2) is 10.9. The molecular formula is C19H25NO9. The second-order valence-corrected chi connectivity index (χ2v) is 6.67. The number of hydrogen-bond donors (Lipinski definition) is 1. The van der Waals surface area contributed by atoms with E-state index < -0.39 is 42.6 Å². The molecule has 0 radical (unpaired) electrons. The summed E-state index contributed by atoms with van der Waals surface area (Å²) < 4.78 is 24.7. The number of carbonyl (C=O) groups is 4. The minimum Gasteiger partial charge on any atom is -0.478 e. The molecule has 0 heterocycles. The van der Waals surface area contributed by atoms with Crippen LogP contribution in [0.15, 0.2) is 18.2 Å². The Hall–Kier alpha value is -3.30. The highest BCUT2D eigenvalue weighted by atomic mass is 16.6. The molecule has 0 aliphatic heterocycles. The Balaban J connectivity index is 2.88. The van der Waals surface area contributed by atoms with Crippen LogP contribution in [-0.4, -0.2) is 63.4 Å². The van der Waals surface area contributed by atoms with Gasteiger partial charge in [0.05, 0.1) is 20.8 Å². The molecule has 1 aromatic carbocycles. The van der Waals surface area contributed by atoms with Crippen molar-refractivity contribution in [1.82, 2.24) is 5.32 Å². The van der Waals surface area contributed by atoms with Crippen LogP contribution in [0.25, 0.3) is 0 Å². The van der Waals surface area contributed by atoms with Gasteiger partial charge in [0.2, 0.25) is 0 Å². The van der Waals surface area contributed by atoms with Crippen LogP contribution in [0, 0.1) is 0 Å². The number of ether oxygens (including phenoxy) is 5. The number of hydrogen-bond acceptors (Lipinski definition) is 9. The Morgan fingerprint density at radius 2 is 1.45 bits per heavy atom. The van der Waals surface area contributed by atoms with E-state index in [1.54, 1.807) is 20.8 Å². The molecule has 0 fully saturated rings. The van der Waals surface area contributed by atoms with Crippen molar-refractivity contribution in [1.29, 1.82) is 0 Å². The SMILES string of the molecule is COC(=O)COc1ccc(C(=O)CNC(=O)OC(C)(C)C)cc1OCC(=O)OC. The lowest BCUT2D eigenvalue weighted by Gasteiger charge is -2.19. The fourth-order valence-corrected chi connectivity index (χ4v) is 1.87. The summed E-state index contributed by atoms with van der Waals surface area (Å²) in [6, 6.07) is 4.15. The van der Waals surface area contributed by atoms with Gasteiger partial charge in [-0.3, -0.25) is 4.79 Å². The minimum atomic E-state index is -0.731. The van der Waals surface area contributed by atoms with Gasteiger partial charge < -0.3 is 29.0 Å². The molecule has 0 saturated carbocycles. The monoisotopic (exact) mass is 411 g/mol. The number of carbonyl (C=O) groups excluding carboxylic acids is 4. The first-order valence-corrected chi connectivity index (χ1v) is 8.59. The van der Waals surface area contributed by atoms with Crippen molar-refractivity contribution >= 4 is 23.8 Å². The Morgan fingerprint density at radius 1 is 0.897 bits per heavy atom. The van der Waals surface area contributed by atoms with Crippen molar-refractivity contribution in [2.75, 3.05) is 34.0 Å². The number of rotatable bonds is 9. The average molecular weight is 411 g/mol. The third-order valence-electron chi connectivity index (χ3n) is 3.20. The highest BCUT2D eigenvalue weighted by Crippen LogP contribution is 2.29. The van der Waals surface area contributed by atoms with Gasteiger partial charge in [0.25, 0.3) is 0 Å². The summed E-state index contributed by atoms with van der Waals surface area (Å²) in [5.41, 5.74) is -0.507. The normalized spacial score (nSPS) is 10.5. The lowest BCUT2D eigenvalue weighted by Crippen LogP contribution is -2.35. The van der Waals surface area contributed by atoms with E-state index in [1.165, 1.54) is 32.4 Å². The molecule has 1 amide bonds. The molecule has 160 valence electrons. The highest BCUT2D eigenvalue weighted by Gasteiger charge is 2.18. The van der Waals surface area contributed by atoms with Crippen LogP contribution >= 0.6 is 0 Å². The van der Waals surface area contributed by atoms with Crippen LogP contribution in [-0.2, 0) is 23.8 Å². The Morgan fingerprint density at radius 3 is 1.97 bits per heavy atom. The first-order valence-electron chi connectivity index (χ1n) is 8.59. The van der Waals surface area contributed by atoms with Gasteiger partial charge in [-0.15, -0.1) is 0 Å². The van der Waals surface area contributed by atoms with Gasteiger partial charge >= 0.3 is 18.0 Å². The summed E-state index contributed by atoms with van der Waals surface area (Å²) in [6.45, 7) is 3.97. The number of Topliss-reactive ketones (excluding diaryl/α,β-unsaturated/α-hetero) is 1. The van der Waals surface area contributed by atoms with E-state index in [4.69, 9.17) is 14.2 Å². The van der Waals surface area contributed by atoms with Crippen LogP contribution in [0.5, 0.6) is 11.5 Å². The number of alkyl carbamates (subject to hydrolysis) is 1. The number of nitrogens with one attached hydrogen (secondary N) is 1. The second-order valence-electron chi connectivity index (χ2n) is 6.67. The molecule has 10 heteroatoms. The van der Waals surface area contributed by atoms with Crippen LogP contribution in [0.1, 0.15) is 31.1 Å². The standard InChI is InChI=1S/C19H25NO9/c1-19(2,3)29-18(24)20-9-13(21)12-6-7-14(27-10-16(22)25-4)15(8-12)28-11-17(23)26-5/h6-8H,9-11H2,1-5H3,(H,20,24). The number of methoxy groups -OCH3 is 2. The van der Waals surface area contributed by atoms with E-state index >= 15 is 0 Å². The lowest BCUT2D eigenvalue weighted by atomic mass is 10.1. The first kappa shape index (κ1) is 23.7. The molecule has 0 aliphatic carbocycles. The fourth-order valence-electron chi connectivity index (χ4n) is 1.87. The zero-order chi connectivity index (χ0) is 22.0. The molecule has 1 N–H and O–H groups in total. The maximum absolute atomic E-state index is 12.4. The van der Waals surface area contributed by atoms with E-state index in [2.05, 4.69) is 14.8 Å². The van der Waals surface area contributed by atoms with Gasteiger partial charge in [-0.1, -0.05) is 0 Å². The quantitative estimate of drug-likeness (QED) is 0.365. The molecule has 0 aliphatic rings. The maximum atomic E-state index is 12.4. The van der Waals surface area contributed by atoms with E-state index in [9.17, 15) is 19.2 Å². The van der Waals surface area contributed by atoms with Crippen LogP contribution in [0.4, 0.5) is 4.79 Å². The van der Waals surface area contributed by atoms with Gasteiger partial charge in [0.15, 0.2) is 30.5 Å². The van der Waals surface area contributed by atoms with Gasteiger partial charge in [0.1, 0.15) is 5.60 Å². The summed E-state index contributed by atoms with van der Waals surface area (Å²) in [5, 5.41) is 2.36. The molecule has 1 aromatic rings. The lowest BCUT2D eigenvalue weighted by molar-refractivity contribution is -0.144. The molecular weight excluding hydrogens is 386 g/mol. The summed E-state index contributed by atoms with van der Waals surface area (Å²) in [5.74, 6) is -1.53. The van der Waals surface area contributed by atoms with Crippen LogP contribution < -0.4 is 14.8 Å². The fraction of sp³-hybridized carbons (Fsp3) is 0.474. The van der Waals surface area contributed by atoms with Gasteiger partial charge in [-0.2, -0.15) is 0 Å². The van der Waals surface area contributed by atoms with E-state index in [1.807, 2.05) is 0 Å². The van der Waals surface area contributed by atoms with Crippen molar-refractivity contribution in [3.05, 3.63) is 23.8 Å². The van der Waals surface area contributed by atoms with Crippen LogP contribution in [0.2, 0.25) is 0 Å². The summed E-state index contributed by atoms with van der Waals surface area (Å²) in [6.07, 6.45) is -0.731. The molecule has 1 rings (SSSR count). The first-order chi connectivity index (χ1) is 13.6. The van der Waals surface area contributed by atoms with E-state index in [-0.39, 0.29) is 23.6 Å². The molecule has 0 unspecified atom stereocenters. The average Bonchev–Trinajstić information content (AvgIpc) is 2.67. The predicted molar refractivity (Wildman–Crippen MR) is 100 cm³/mol. The number of benzene rings is 1. The van der Waals surface area contributed by atoms with Crippen molar-refractivity contribution in [2.45, 2.75) is 26.4 Å². The zero-order valence-electron chi connectivity index (χ0n) is 17.0. The highest BCUT2D eigenvalue weighted by molar-refractivity contribution is 5.99. The maximum Gasteiger partial charge on any atom is 0.408 e. The Bertz CT molecular complexity index is 753. The van der Waals surface area contributed by atoms with Crippen molar-refractivity contribution in [2.24, 2.45) is 0 Å². The molecule has 10 nitrogen and oxygen atoms in total. The summed E-state index contributed by atoms with van der Waals surface area (Å²) >= 11 is 0. The van der Waals surface area contributed by atoms with Gasteiger partial charge in [-0.25, -0.2) is 14.4 Å². The molecule has 0 spiro atoms. The predicted octanol–water partition coefficient (Wildman–Crippen LogP) is 1.50. The Kier molecular flexibility index (Phi) is 8.91. The third-order valence-corrected chi connectivity index (χ3v) is 3.20. The largest absolute Gasteiger partial charge is 0.478 e. The molecule has 0 saturated heterocycles. The zero-order valence-corrected chi connectivity index (χ0v) is 17.0. The van der Waals surface area contributed by atoms with Crippen LogP contribution in [0.3, 0.4) is 0 Å². The minimum absolute atomic E-state index is 0.0439. The van der Waals surface area contributed by atoms with E-state index in [0.717, 1.165) is 0 Å². The van der Waals surface area contributed by atoms with Crippen molar-refractivity contribution in [3.63, 3.8) is 0 Å². The molecule has 29 heavy (non-hydrogen) atoms. The van der Waals surface area contributed by atoms with Gasteiger partial charge in [0, 0.05) is 5.56 Å². The molecule has 0 atom stereocenters. The number of esters is 2.